The Labute approximate surface area is 192 Å². The Balaban J connectivity index is 1.62. The first-order valence-corrected chi connectivity index (χ1v) is 10.3. The summed E-state index contributed by atoms with van der Waals surface area (Å²) in [4.78, 5) is 12.9. The Morgan fingerprint density at radius 3 is 2.70 bits per heavy atom. The van der Waals surface area contributed by atoms with Crippen LogP contribution in [0, 0.1) is 23.7 Å². The van der Waals surface area contributed by atoms with Gasteiger partial charge in [0.05, 0.1) is 12.8 Å². The first-order valence-electron chi connectivity index (χ1n) is 10.3. The lowest BCUT2D eigenvalue weighted by Crippen LogP contribution is -2.32. The number of aromatic nitrogens is 2. The van der Waals surface area contributed by atoms with Crippen molar-refractivity contribution in [1.29, 1.82) is 5.26 Å². The van der Waals surface area contributed by atoms with E-state index < -0.39 is 6.10 Å². The summed E-state index contributed by atoms with van der Waals surface area (Å²) >= 11 is 0. The highest BCUT2D eigenvalue weighted by Gasteiger charge is 2.21. The number of amides is 1. The first kappa shape index (κ1) is 23.4. The van der Waals surface area contributed by atoms with E-state index in [1.807, 2.05) is 54.7 Å². The topological polar surface area (TPSA) is 98.4 Å². The van der Waals surface area contributed by atoms with Crippen LogP contribution in [0.15, 0.2) is 60.9 Å². The fraction of sp³-hybridized carbons (Fsp3) is 0.240. The molecule has 8 heteroatoms. The molecule has 0 fully saturated rings. The zero-order valence-electron chi connectivity index (χ0n) is 18.2. The van der Waals surface area contributed by atoms with Gasteiger partial charge in [-0.05, 0) is 47.9 Å². The quantitative estimate of drug-likeness (QED) is 0.457. The molecule has 33 heavy (non-hydrogen) atoms. The van der Waals surface area contributed by atoms with Crippen molar-refractivity contribution in [3.8, 4) is 35.6 Å². The Kier molecular flexibility index (Phi) is 8.47. The SMILES string of the molecule is C#CCOC(C(=O)NCCc1ccc(OCC#N)c(OC)c1)c1ccc(-n2cccn2)cc1. The third kappa shape index (κ3) is 6.36. The predicted molar refractivity (Wildman–Crippen MR) is 122 cm³/mol. The number of carbonyl (C=O) groups is 1. The summed E-state index contributed by atoms with van der Waals surface area (Å²) in [6.45, 7) is 0.343. The standard InChI is InChI=1S/C25H24N4O4/c1-3-16-33-24(20-6-8-21(9-7-20)29-15-4-13-28-29)25(30)27-14-11-19-5-10-22(32-17-12-26)23(18-19)31-2/h1,4-10,13,15,18,24H,11,14,16-17H2,2H3,(H,27,30). The van der Waals surface area contributed by atoms with Crippen molar-refractivity contribution < 1.29 is 19.0 Å². The van der Waals surface area contributed by atoms with E-state index in [1.165, 1.54) is 7.11 Å². The lowest BCUT2D eigenvalue weighted by atomic mass is 10.1. The number of ether oxygens (including phenoxy) is 3. The van der Waals surface area contributed by atoms with Crippen molar-refractivity contribution in [2.45, 2.75) is 12.5 Å². The molecule has 1 amide bonds. The third-order valence-electron chi connectivity index (χ3n) is 4.77. The van der Waals surface area contributed by atoms with E-state index in [9.17, 15) is 4.79 Å². The maximum absolute atomic E-state index is 12.9. The van der Waals surface area contributed by atoms with Crippen LogP contribution in [0.25, 0.3) is 5.69 Å². The van der Waals surface area contributed by atoms with Gasteiger partial charge in [-0.15, -0.1) is 6.42 Å². The molecule has 8 nitrogen and oxygen atoms in total. The van der Waals surface area contributed by atoms with E-state index in [-0.39, 0.29) is 19.1 Å². The number of terminal acetylenes is 1. The number of carbonyl (C=O) groups excluding carboxylic acids is 1. The lowest BCUT2D eigenvalue weighted by Gasteiger charge is -2.17. The molecular formula is C25H24N4O4. The monoisotopic (exact) mass is 444 g/mol. The molecule has 3 rings (SSSR count). The highest BCUT2D eigenvalue weighted by molar-refractivity contribution is 5.82. The van der Waals surface area contributed by atoms with Crippen molar-refractivity contribution >= 4 is 5.91 Å². The van der Waals surface area contributed by atoms with Crippen LogP contribution in [0.1, 0.15) is 17.2 Å². The minimum Gasteiger partial charge on any atom is -0.493 e. The zero-order chi connectivity index (χ0) is 23.5. The Morgan fingerprint density at radius 1 is 1.21 bits per heavy atom. The fourth-order valence-corrected chi connectivity index (χ4v) is 3.20. The third-order valence-corrected chi connectivity index (χ3v) is 4.77. The summed E-state index contributed by atoms with van der Waals surface area (Å²) in [5, 5.41) is 15.8. The smallest absolute Gasteiger partial charge is 0.253 e. The fourth-order valence-electron chi connectivity index (χ4n) is 3.20. The Morgan fingerprint density at radius 2 is 2.03 bits per heavy atom. The van der Waals surface area contributed by atoms with Crippen LogP contribution in [0.2, 0.25) is 0 Å². The average molecular weight is 444 g/mol. The molecule has 1 heterocycles. The van der Waals surface area contributed by atoms with E-state index in [4.69, 9.17) is 25.9 Å². The van der Waals surface area contributed by atoms with Crippen LogP contribution >= 0.6 is 0 Å². The molecule has 1 unspecified atom stereocenters. The highest BCUT2D eigenvalue weighted by atomic mass is 16.5. The van der Waals surface area contributed by atoms with Gasteiger partial charge in [-0.25, -0.2) is 4.68 Å². The molecule has 1 N–H and O–H groups in total. The summed E-state index contributed by atoms with van der Waals surface area (Å²) < 4.78 is 18.0. The minimum atomic E-state index is -0.830. The molecule has 0 bridgehead atoms. The second-order valence-corrected chi connectivity index (χ2v) is 6.91. The van der Waals surface area contributed by atoms with Gasteiger partial charge in [0.25, 0.3) is 5.91 Å². The van der Waals surface area contributed by atoms with Gasteiger partial charge in [-0.3, -0.25) is 4.79 Å². The summed E-state index contributed by atoms with van der Waals surface area (Å²) in [5.41, 5.74) is 2.51. The Hall–Kier alpha value is -4.27. The molecule has 168 valence electrons. The number of nitrogens with one attached hydrogen (secondary N) is 1. The van der Waals surface area contributed by atoms with Crippen molar-refractivity contribution in [2.75, 3.05) is 26.9 Å². The number of methoxy groups -OCH3 is 1. The van der Waals surface area contributed by atoms with Gasteiger partial charge in [-0.2, -0.15) is 10.4 Å². The van der Waals surface area contributed by atoms with Crippen LogP contribution in [0.5, 0.6) is 11.5 Å². The molecule has 0 aliphatic carbocycles. The molecule has 1 aromatic heterocycles. The van der Waals surface area contributed by atoms with Crippen molar-refractivity contribution in [2.24, 2.45) is 0 Å². The van der Waals surface area contributed by atoms with Gasteiger partial charge < -0.3 is 19.5 Å². The van der Waals surface area contributed by atoms with Gasteiger partial charge in [0.1, 0.15) is 12.7 Å². The molecule has 3 aromatic rings. The molecule has 2 aromatic carbocycles. The molecule has 0 spiro atoms. The van der Waals surface area contributed by atoms with Crippen LogP contribution in [-0.2, 0) is 16.0 Å². The average Bonchev–Trinajstić information content (AvgIpc) is 3.39. The van der Waals surface area contributed by atoms with E-state index >= 15 is 0 Å². The van der Waals surface area contributed by atoms with Crippen molar-refractivity contribution in [3.05, 3.63) is 72.1 Å². The summed E-state index contributed by atoms with van der Waals surface area (Å²) in [5.74, 6) is 3.15. The van der Waals surface area contributed by atoms with E-state index in [2.05, 4.69) is 16.3 Å². The van der Waals surface area contributed by atoms with Crippen molar-refractivity contribution in [3.63, 3.8) is 0 Å². The normalized spacial score (nSPS) is 11.1. The molecule has 0 radical (unpaired) electrons. The maximum atomic E-state index is 12.9. The summed E-state index contributed by atoms with van der Waals surface area (Å²) in [6, 6.07) is 16.6. The van der Waals surface area contributed by atoms with Gasteiger partial charge >= 0.3 is 0 Å². The predicted octanol–water partition coefficient (Wildman–Crippen LogP) is 2.83. The largest absolute Gasteiger partial charge is 0.493 e. The molecule has 0 saturated heterocycles. The van der Waals surface area contributed by atoms with Gasteiger partial charge in [-0.1, -0.05) is 24.1 Å². The van der Waals surface area contributed by atoms with E-state index in [0.717, 1.165) is 11.3 Å². The molecular weight excluding hydrogens is 420 g/mol. The number of hydrogen-bond acceptors (Lipinski definition) is 6. The summed E-state index contributed by atoms with van der Waals surface area (Å²) in [6.07, 6.45) is 8.61. The van der Waals surface area contributed by atoms with Crippen LogP contribution in [0.3, 0.4) is 0 Å². The number of nitriles is 1. The van der Waals surface area contributed by atoms with Gasteiger partial charge in [0, 0.05) is 18.9 Å². The molecule has 0 saturated carbocycles. The van der Waals surface area contributed by atoms with Crippen LogP contribution in [-0.4, -0.2) is 42.6 Å². The van der Waals surface area contributed by atoms with E-state index in [0.29, 0.717) is 30.0 Å². The lowest BCUT2D eigenvalue weighted by molar-refractivity contribution is -0.132. The first-order chi connectivity index (χ1) is 16.2. The Bertz CT molecular complexity index is 1130. The molecule has 0 aliphatic heterocycles. The minimum absolute atomic E-state index is 0.0142. The highest BCUT2D eigenvalue weighted by Crippen LogP contribution is 2.28. The van der Waals surface area contributed by atoms with Crippen molar-refractivity contribution in [1.82, 2.24) is 15.1 Å². The van der Waals surface area contributed by atoms with Crippen LogP contribution < -0.4 is 14.8 Å². The number of rotatable bonds is 11. The summed E-state index contributed by atoms with van der Waals surface area (Å²) in [7, 11) is 1.53. The number of nitrogens with zero attached hydrogens (tertiary/aromatic N) is 3. The van der Waals surface area contributed by atoms with Gasteiger partial charge in [0.15, 0.2) is 24.2 Å². The number of benzene rings is 2. The second-order valence-electron chi connectivity index (χ2n) is 6.91. The zero-order valence-corrected chi connectivity index (χ0v) is 18.2. The van der Waals surface area contributed by atoms with Crippen LogP contribution in [0.4, 0.5) is 0 Å². The number of hydrogen-bond donors (Lipinski definition) is 1. The molecule has 0 aliphatic rings. The van der Waals surface area contributed by atoms with E-state index in [1.54, 1.807) is 16.9 Å². The van der Waals surface area contributed by atoms with Gasteiger partial charge in [0.2, 0.25) is 0 Å². The molecule has 1 atom stereocenters. The maximum Gasteiger partial charge on any atom is 0.253 e. The second kappa shape index (κ2) is 11.9.